The number of benzene rings is 8. The zero-order valence-electron chi connectivity index (χ0n) is 26.6. The molecule has 0 atom stereocenters. The van der Waals surface area contributed by atoms with Crippen LogP contribution >= 0.6 is 0 Å². The van der Waals surface area contributed by atoms with Crippen molar-refractivity contribution in [2.75, 3.05) is 0 Å². The molecule has 0 aliphatic rings. The Labute approximate surface area is 284 Å². The maximum absolute atomic E-state index is 5.51. The van der Waals surface area contributed by atoms with Crippen LogP contribution in [0.3, 0.4) is 0 Å². The monoisotopic (exact) mass is 620 g/mol. The van der Waals surface area contributed by atoms with Gasteiger partial charge in [-0.15, -0.1) is 0 Å². The summed E-state index contributed by atoms with van der Waals surface area (Å²) in [5.41, 5.74) is 8.07. The number of fused-ring (bicyclic) bond motifs is 7. The van der Waals surface area contributed by atoms with Crippen molar-refractivity contribution in [3.05, 3.63) is 192 Å². The molecule has 0 aliphatic carbocycles. The van der Waals surface area contributed by atoms with Crippen molar-refractivity contribution in [2.45, 2.75) is 0 Å². The summed E-state index contributed by atoms with van der Waals surface area (Å²) in [6.45, 7) is 0. The Morgan fingerprint density at radius 3 is 1.59 bits per heavy atom. The normalized spacial score (nSPS) is 10.9. The van der Waals surface area contributed by atoms with E-state index in [1.54, 1.807) is 0 Å². The molecule has 0 spiro atoms. The lowest BCUT2D eigenvalue weighted by atomic mass is 9.96. The Morgan fingerprint density at radius 1 is 0.388 bits per heavy atom. The number of imidazole rings is 1. The van der Waals surface area contributed by atoms with Crippen LogP contribution in [0.1, 0.15) is 22.3 Å². The van der Waals surface area contributed by atoms with Gasteiger partial charge < -0.3 is 0 Å². The molecular weight excluding hydrogens is 593 g/mol. The summed E-state index contributed by atoms with van der Waals surface area (Å²) in [6, 6.07) is 58.9. The van der Waals surface area contributed by atoms with Gasteiger partial charge in [-0.2, -0.15) is 0 Å². The molecule has 0 N–H and O–H groups in total. The molecule has 0 aliphatic heterocycles. The summed E-state index contributed by atoms with van der Waals surface area (Å²) in [5, 5.41) is 6.77. The molecule has 49 heavy (non-hydrogen) atoms. The van der Waals surface area contributed by atoms with E-state index in [1.807, 2.05) is 60.7 Å². The Balaban J connectivity index is 1.38. The van der Waals surface area contributed by atoms with Gasteiger partial charge in [-0.05, 0) is 82.2 Å². The summed E-state index contributed by atoms with van der Waals surface area (Å²) in [6.07, 6.45) is 0. The molecule has 2 heteroatoms. The Hall–Kier alpha value is -6.87. The lowest BCUT2D eigenvalue weighted by Gasteiger charge is -2.14. The van der Waals surface area contributed by atoms with Gasteiger partial charge in [0.05, 0.1) is 11.0 Å². The number of hydrogen-bond donors (Lipinski definition) is 0. The molecule has 0 amide bonds. The Morgan fingerprint density at radius 2 is 0.918 bits per heavy atom. The molecule has 226 valence electrons. The second-order valence-electron chi connectivity index (χ2n) is 12.1. The number of para-hydroxylation sites is 1. The second-order valence-corrected chi connectivity index (χ2v) is 12.1. The van der Waals surface area contributed by atoms with Crippen LogP contribution in [0.25, 0.3) is 60.4 Å². The summed E-state index contributed by atoms with van der Waals surface area (Å²) >= 11 is 0. The molecule has 9 rings (SSSR count). The summed E-state index contributed by atoms with van der Waals surface area (Å²) in [4.78, 5) is 5.51. The first-order chi connectivity index (χ1) is 24.3. The standard InChI is InChI=1S/C47H28N2/c1-4-13-33(14-5-1)23-25-35-27-29-40-43(31-35)44-32-36(26-24-34-15-6-2-7-16-34)28-30-41(44)46-45(40)48-47(49(46)38-19-8-3-9-20-38)42-22-12-18-37-17-10-11-21-39(37)42/h1-22,27-32H. The van der Waals surface area contributed by atoms with Gasteiger partial charge >= 0.3 is 0 Å². The fourth-order valence-corrected chi connectivity index (χ4v) is 6.72. The zero-order valence-corrected chi connectivity index (χ0v) is 26.6. The molecule has 0 bridgehead atoms. The minimum absolute atomic E-state index is 0.910. The fraction of sp³-hybridized carbons (Fsp3) is 0. The summed E-state index contributed by atoms with van der Waals surface area (Å²) in [5.74, 6) is 14.4. The number of nitrogens with zero attached hydrogens (tertiary/aromatic N) is 2. The molecule has 0 fully saturated rings. The van der Waals surface area contributed by atoms with Crippen molar-refractivity contribution >= 4 is 43.4 Å². The quantitative estimate of drug-likeness (QED) is 0.139. The van der Waals surface area contributed by atoms with Crippen LogP contribution in [0.2, 0.25) is 0 Å². The topological polar surface area (TPSA) is 17.8 Å². The lowest BCUT2D eigenvalue weighted by Crippen LogP contribution is -1.98. The number of hydrogen-bond acceptors (Lipinski definition) is 1. The smallest absolute Gasteiger partial charge is 0.146 e. The predicted octanol–water partition coefficient (Wildman–Crippen LogP) is 11.0. The van der Waals surface area contributed by atoms with Crippen LogP contribution in [-0.4, -0.2) is 9.55 Å². The van der Waals surface area contributed by atoms with Crippen molar-refractivity contribution in [2.24, 2.45) is 0 Å². The maximum Gasteiger partial charge on any atom is 0.146 e. The lowest BCUT2D eigenvalue weighted by molar-refractivity contribution is 1.11. The summed E-state index contributed by atoms with van der Waals surface area (Å²) < 4.78 is 2.33. The minimum atomic E-state index is 0.910. The number of aromatic nitrogens is 2. The van der Waals surface area contributed by atoms with Crippen LogP contribution < -0.4 is 0 Å². The predicted molar refractivity (Wildman–Crippen MR) is 204 cm³/mol. The van der Waals surface area contributed by atoms with E-state index in [4.69, 9.17) is 4.98 Å². The van der Waals surface area contributed by atoms with Crippen molar-refractivity contribution in [1.29, 1.82) is 0 Å². The third kappa shape index (κ3) is 5.19. The van der Waals surface area contributed by atoms with Gasteiger partial charge in [0, 0.05) is 44.3 Å². The molecule has 0 radical (unpaired) electrons. The zero-order chi connectivity index (χ0) is 32.6. The molecule has 0 unspecified atom stereocenters. The SMILES string of the molecule is C(#Cc1ccc2c(c1)c1cc(C#Cc3ccccc3)ccc1c1c2nc(-c2cccc3ccccc23)n1-c1ccccc1)c1ccccc1. The average Bonchev–Trinajstić information content (AvgIpc) is 3.58. The highest BCUT2D eigenvalue weighted by molar-refractivity contribution is 6.24. The Bertz CT molecular complexity index is 2800. The van der Waals surface area contributed by atoms with Crippen LogP contribution in [0.4, 0.5) is 0 Å². The van der Waals surface area contributed by atoms with E-state index in [9.17, 15) is 0 Å². The van der Waals surface area contributed by atoms with Gasteiger partial charge in [0.15, 0.2) is 0 Å². The first kappa shape index (κ1) is 28.4. The Kier molecular flexibility index (Phi) is 6.98. The molecule has 2 nitrogen and oxygen atoms in total. The minimum Gasteiger partial charge on any atom is -0.292 e. The van der Waals surface area contributed by atoms with E-state index in [1.165, 1.54) is 10.8 Å². The highest BCUT2D eigenvalue weighted by Crippen LogP contribution is 2.41. The van der Waals surface area contributed by atoms with E-state index in [0.29, 0.717) is 0 Å². The highest BCUT2D eigenvalue weighted by Gasteiger charge is 2.21. The molecular formula is C47H28N2. The summed E-state index contributed by atoms with van der Waals surface area (Å²) in [7, 11) is 0. The van der Waals surface area contributed by atoms with Crippen molar-refractivity contribution in [1.82, 2.24) is 9.55 Å². The molecule has 8 aromatic carbocycles. The van der Waals surface area contributed by atoms with E-state index in [0.717, 1.165) is 71.9 Å². The first-order valence-electron chi connectivity index (χ1n) is 16.4. The van der Waals surface area contributed by atoms with Gasteiger partial charge in [0.2, 0.25) is 0 Å². The van der Waals surface area contributed by atoms with E-state index in [2.05, 4.69) is 137 Å². The fourth-order valence-electron chi connectivity index (χ4n) is 6.72. The largest absolute Gasteiger partial charge is 0.292 e. The van der Waals surface area contributed by atoms with Crippen LogP contribution in [0.15, 0.2) is 170 Å². The molecule has 9 aromatic rings. The molecule has 0 saturated carbocycles. The van der Waals surface area contributed by atoms with Gasteiger partial charge in [-0.1, -0.05) is 133 Å². The van der Waals surface area contributed by atoms with Gasteiger partial charge in [0.25, 0.3) is 0 Å². The molecule has 1 aromatic heterocycles. The van der Waals surface area contributed by atoms with Crippen LogP contribution in [0, 0.1) is 23.7 Å². The van der Waals surface area contributed by atoms with E-state index < -0.39 is 0 Å². The van der Waals surface area contributed by atoms with Crippen molar-refractivity contribution < 1.29 is 0 Å². The second kappa shape index (κ2) is 12.1. The average molecular weight is 621 g/mol. The highest BCUT2D eigenvalue weighted by atomic mass is 15.1. The van der Waals surface area contributed by atoms with Gasteiger partial charge in [-0.3, -0.25) is 4.57 Å². The van der Waals surface area contributed by atoms with Crippen molar-refractivity contribution in [3.63, 3.8) is 0 Å². The third-order valence-electron chi connectivity index (χ3n) is 9.01. The van der Waals surface area contributed by atoms with E-state index >= 15 is 0 Å². The first-order valence-corrected chi connectivity index (χ1v) is 16.4. The van der Waals surface area contributed by atoms with Gasteiger partial charge in [0.1, 0.15) is 5.82 Å². The third-order valence-corrected chi connectivity index (χ3v) is 9.01. The van der Waals surface area contributed by atoms with Crippen LogP contribution in [0.5, 0.6) is 0 Å². The van der Waals surface area contributed by atoms with Gasteiger partial charge in [-0.25, -0.2) is 4.98 Å². The molecule has 0 saturated heterocycles. The van der Waals surface area contributed by atoms with E-state index in [-0.39, 0.29) is 0 Å². The maximum atomic E-state index is 5.51. The van der Waals surface area contributed by atoms with Crippen molar-refractivity contribution in [3.8, 4) is 40.8 Å². The number of rotatable bonds is 2. The van der Waals surface area contributed by atoms with Crippen LogP contribution in [-0.2, 0) is 0 Å². The molecule has 1 heterocycles.